The Kier molecular flexibility index (Phi) is 2.81. The van der Waals surface area contributed by atoms with Crippen LogP contribution in [-0.4, -0.2) is 14.4 Å². The molecular formula is C17H15N3O. The summed E-state index contributed by atoms with van der Waals surface area (Å²) in [6, 6.07) is 9.68. The number of hydrogen-bond donors (Lipinski definition) is 0. The van der Waals surface area contributed by atoms with Crippen LogP contribution < -0.4 is 5.56 Å². The van der Waals surface area contributed by atoms with Crippen LogP contribution in [-0.2, 0) is 12.8 Å². The predicted molar refractivity (Wildman–Crippen MR) is 81.3 cm³/mol. The van der Waals surface area contributed by atoms with Crippen molar-refractivity contribution in [3.8, 4) is 11.3 Å². The molecule has 0 N–H and O–H groups in total. The van der Waals surface area contributed by atoms with Crippen LogP contribution in [0.25, 0.3) is 16.9 Å². The van der Waals surface area contributed by atoms with E-state index in [1.807, 2.05) is 36.5 Å². The summed E-state index contributed by atoms with van der Waals surface area (Å²) in [7, 11) is 0. The highest BCUT2D eigenvalue weighted by Crippen LogP contribution is 2.20. The Morgan fingerprint density at radius 1 is 1.10 bits per heavy atom. The van der Waals surface area contributed by atoms with Gasteiger partial charge in [0.25, 0.3) is 5.56 Å². The summed E-state index contributed by atoms with van der Waals surface area (Å²) in [5.74, 6) is 0. The van der Waals surface area contributed by atoms with Crippen molar-refractivity contribution >= 4 is 5.65 Å². The lowest BCUT2D eigenvalue weighted by Crippen LogP contribution is -2.24. The summed E-state index contributed by atoms with van der Waals surface area (Å²) in [4.78, 5) is 21.6. The van der Waals surface area contributed by atoms with E-state index in [1.165, 1.54) is 0 Å². The van der Waals surface area contributed by atoms with Gasteiger partial charge >= 0.3 is 0 Å². The summed E-state index contributed by atoms with van der Waals surface area (Å²) < 4.78 is 1.65. The predicted octanol–water partition coefficient (Wildman–Crippen LogP) is 2.64. The molecule has 0 fully saturated rings. The Hall–Kier alpha value is -2.49. The molecule has 0 saturated carbocycles. The fourth-order valence-electron chi connectivity index (χ4n) is 2.97. The summed E-state index contributed by atoms with van der Waals surface area (Å²) in [6.45, 7) is 0. The normalized spacial score (nSPS) is 14.1. The minimum atomic E-state index is 0.0854. The first-order valence-electron chi connectivity index (χ1n) is 7.28. The highest BCUT2D eigenvalue weighted by Gasteiger charge is 2.16. The molecule has 0 aromatic carbocycles. The van der Waals surface area contributed by atoms with Crippen LogP contribution in [0.2, 0.25) is 0 Å². The Bertz CT molecular complexity index is 868. The van der Waals surface area contributed by atoms with E-state index in [0.717, 1.165) is 48.2 Å². The Morgan fingerprint density at radius 3 is 2.86 bits per heavy atom. The minimum Gasteiger partial charge on any atom is -0.269 e. The van der Waals surface area contributed by atoms with Crippen molar-refractivity contribution in [3.63, 3.8) is 0 Å². The highest BCUT2D eigenvalue weighted by molar-refractivity contribution is 5.63. The molecule has 21 heavy (non-hydrogen) atoms. The van der Waals surface area contributed by atoms with E-state index >= 15 is 0 Å². The van der Waals surface area contributed by atoms with Crippen molar-refractivity contribution < 1.29 is 0 Å². The first-order valence-corrected chi connectivity index (χ1v) is 7.28. The second kappa shape index (κ2) is 4.81. The smallest absolute Gasteiger partial charge is 0.261 e. The molecule has 0 spiro atoms. The second-order valence-electron chi connectivity index (χ2n) is 5.41. The second-order valence-corrected chi connectivity index (χ2v) is 5.41. The zero-order valence-electron chi connectivity index (χ0n) is 11.6. The molecule has 4 nitrogen and oxygen atoms in total. The van der Waals surface area contributed by atoms with Gasteiger partial charge in [-0.3, -0.25) is 14.2 Å². The molecule has 0 saturated heterocycles. The number of pyridine rings is 2. The number of hydrogen-bond acceptors (Lipinski definition) is 3. The van der Waals surface area contributed by atoms with Gasteiger partial charge in [0.2, 0.25) is 0 Å². The Morgan fingerprint density at radius 2 is 2.00 bits per heavy atom. The van der Waals surface area contributed by atoms with Crippen LogP contribution in [0.1, 0.15) is 24.1 Å². The van der Waals surface area contributed by atoms with Crippen LogP contribution in [0.3, 0.4) is 0 Å². The molecule has 0 atom stereocenters. The lowest BCUT2D eigenvalue weighted by Gasteiger charge is -2.15. The van der Waals surface area contributed by atoms with Crippen LogP contribution in [0.5, 0.6) is 0 Å². The van der Waals surface area contributed by atoms with Crippen LogP contribution >= 0.6 is 0 Å². The molecule has 3 aromatic heterocycles. The first-order chi connectivity index (χ1) is 10.3. The molecule has 0 radical (unpaired) electrons. The van der Waals surface area contributed by atoms with E-state index in [9.17, 15) is 4.79 Å². The monoisotopic (exact) mass is 277 g/mol. The first kappa shape index (κ1) is 12.3. The summed E-state index contributed by atoms with van der Waals surface area (Å²) in [6.07, 6.45) is 7.55. The van der Waals surface area contributed by atoms with E-state index in [1.54, 1.807) is 10.6 Å². The van der Waals surface area contributed by atoms with Crippen molar-refractivity contribution in [3.05, 3.63) is 64.3 Å². The van der Waals surface area contributed by atoms with E-state index in [2.05, 4.69) is 4.98 Å². The molecule has 1 aliphatic rings. The van der Waals surface area contributed by atoms with E-state index < -0.39 is 0 Å². The zero-order valence-corrected chi connectivity index (χ0v) is 11.6. The van der Waals surface area contributed by atoms with E-state index in [-0.39, 0.29) is 5.56 Å². The molecule has 3 heterocycles. The van der Waals surface area contributed by atoms with Gasteiger partial charge in [-0.15, -0.1) is 0 Å². The molecule has 3 aromatic rings. The molecule has 0 aliphatic heterocycles. The summed E-state index contributed by atoms with van der Waals surface area (Å²) in [5.41, 5.74) is 4.55. The molecule has 4 rings (SSSR count). The maximum Gasteiger partial charge on any atom is 0.261 e. The van der Waals surface area contributed by atoms with Crippen molar-refractivity contribution in [2.45, 2.75) is 25.7 Å². The maximum absolute atomic E-state index is 12.5. The maximum atomic E-state index is 12.5. The van der Waals surface area contributed by atoms with Gasteiger partial charge in [-0.1, -0.05) is 6.07 Å². The number of nitrogens with zero attached hydrogens (tertiary/aromatic N) is 3. The van der Waals surface area contributed by atoms with Crippen molar-refractivity contribution in [1.29, 1.82) is 0 Å². The fraction of sp³-hybridized carbons (Fsp3) is 0.235. The standard InChI is InChI=1S/C17H15N3O/c21-17-13-5-1-2-7-15(13)19-16-11-12(8-10-20(16)17)14-6-3-4-9-18-14/h3-4,6,8-11H,1-2,5,7H2. The molecule has 4 heteroatoms. The topological polar surface area (TPSA) is 47.3 Å². The van der Waals surface area contributed by atoms with Gasteiger partial charge in [0, 0.05) is 23.5 Å². The Balaban J connectivity index is 1.94. The third kappa shape index (κ3) is 2.03. The number of aryl methyl sites for hydroxylation is 1. The molecule has 104 valence electrons. The molecule has 0 amide bonds. The molecule has 0 bridgehead atoms. The van der Waals surface area contributed by atoms with Gasteiger partial charge in [-0.05, 0) is 49.9 Å². The molecule has 1 aliphatic carbocycles. The van der Waals surface area contributed by atoms with Crippen LogP contribution in [0.4, 0.5) is 0 Å². The lowest BCUT2D eigenvalue weighted by molar-refractivity contribution is 0.656. The number of rotatable bonds is 1. The van der Waals surface area contributed by atoms with Crippen molar-refractivity contribution in [1.82, 2.24) is 14.4 Å². The third-order valence-electron chi connectivity index (χ3n) is 4.06. The van der Waals surface area contributed by atoms with Gasteiger partial charge in [-0.2, -0.15) is 0 Å². The molecule has 0 unspecified atom stereocenters. The fourth-order valence-corrected chi connectivity index (χ4v) is 2.97. The van der Waals surface area contributed by atoms with Crippen molar-refractivity contribution in [2.24, 2.45) is 0 Å². The summed E-state index contributed by atoms with van der Waals surface area (Å²) >= 11 is 0. The Labute approximate surface area is 122 Å². The largest absolute Gasteiger partial charge is 0.269 e. The SMILES string of the molecule is O=c1c2c(nc3cc(-c4ccccn4)ccn13)CCCC2. The van der Waals surface area contributed by atoms with E-state index in [4.69, 9.17) is 4.98 Å². The highest BCUT2D eigenvalue weighted by atomic mass is 16.1. The average Bonchev–Trinajstić information content (AvgIpc) is 2.55. The zero-order chi connectivity index (χ0) is 14.2. The number of fused-ring (bicyclic) bond motifs is 2. The van der Waals surface area contributed by atoms with Crippen molar-refractivity contribution in [2.75, 3.05) is 0 Å². The third-order valence-corrected chi connectivity index (χ3v) is 4.06. The van der Waals surface area contributed by atoms with Gasteiger partial charge in [0.05, 0.1) is 11.4 Å². The van der Waals surface area contributed by atoms with Crippen LogP contribution in [0, 0.1) is 0 Å². The van der Waals surface area contributed by atoms with Gasteiger partial charge in [-0.25, -0.2) is 4.98 Å². The minimum absolute atomic E-state index is 0.0854. The summed E-state index contributed by atoms with van der Waals surface area (Å²) in [5, 5.41) is 0. The quantitative estimate of drug-likeness (QED) is 0.687. The van der Waals surface area contributed by atoms with Gasteiger partial charge < -0.3 is 0 Å². The average molecular weight is 277 g/mol. The van der Waals surface area contributed by atoms with Crippen LogP contribution in [0.15, 0.2) is 47.5 Å². The van der Waals surface area contributed by atoms with Gasteiger partial charge in [0.1, 0.15) is 5.65 Å². The van der Waals surface area contributed by atoms with Gasteiger partial charge in [0.15, 0.2) is 0 Å². The van der Waals surface area contributed by atoms with E-state index in [0.29, 0.717) is 5.65 Å². The number of aromatic nitrogens is 3. The lowest BCUT2D eigenvalue weighted by atomic mass is 9.97. The molecular weight excluding hydrogens is 262 g/mol.